The Kier molecular flexibility index (Phi) is 7.74. The third-order valence-electron chi connectivity index (χ3n) is 5.64. The second-order valence-electron chi connectivity index (χ2n) is 9.38. The summed E-state index contributed by atoms with van der Waals surface area (Å²) in [6.07, 6.45) is 3.97. The van der Waals surface area contributed by atoms with Crippen LogP contribution in [0.25, 0.3) is 0 Å². The Morgan fingerprint density at radius 2 is 1.55 bits per heavy atom. The van der Waals surface area contributed by atoms with Crippen molar-refractivity contribution in [2.45, 2.75) is 70.4 Å². The second kappa shape index (κ2) is 10.1. The van der Waals surface area contributed by atoms with Crippen LogP contribution in [0.1, 0.15) is 64.3 Å². The van der Waals surface area contributed by atoms with E-state index in [0.29, 0.717) is 10.9 Å². The standard InChI is InChI=1S/C25H34NO4P/c1-25(2,3)26-23(27)22(19-13-7-4-8-14-19)30-31(29,21-17-11-6-12-18-21)24(28)20-15-9-5-10-16-20/h5-6,9-12,15-19,22,24,28H,4,7-8,13-14H2,1-3H3,(H,26,27). The third-order valence-corrected chi connectivity index (χ3v) is 8.14. The van der Waals surface area contributed by atoms with Gasteiger partial charge in [0.05, 0.1) is 0 Å². The maximum Gasteiger partial charge on any atom is 0.264 e. The predicted molar refractivity (Wildman–Crippen MR) is 124 cm³/mol. The van der Waals surface area contributed by atoms with Gasteiger partial charge in [-0.2, -0.15) is 0 Å². The smallest absolute Gasteiger partial charge is 0.264 e. The van der Waals surface area contributed by atoms with Crippen molar-refractivity contribution in [3.8, 4) is 0 Å². The van der Waals surface area contributed by atoms with Crippen LogP contribution in [0.4, 0.5) is 0 Å². The average molecular weight is 444 g/mol. The highest BCUT2D eigenvalue weighted by molar-refractivity contribution is 7.67. The molecule has 0 bridgehead atoms. The lowest BCUT2D eigenvalue weighted by Gasteiger charge is -2.35. The molecular weight excluding hydrogens is 409 g/mol. The molecule has 2 aromatic rings. The number of hydrogen-bond acceptors (Lipinski definition) is 4. The number of amides is 1. The molecule has 3 unspecified atom stereocenters. The topological polar surface area (TPSA) is 75.6 Å². The Bertz CT molecular complexity index is 889. The van der Waals surface area contributed by atoms with Gasteiger partial charge in [-0.3, -0.25) is 9.36 Å². The van der Waals surface area contributed by atoms with E-state index < -0.39 is 24.9 Å². The lowest BCUT2D eigenvalue weighted by molar-refractivity contribution is -0.132. The van der Waals surface area contributed by atoms with Gasteiger partial charge in [0.1, 0.15) is 6.10 Å². The number of benzene rings is 2. The first-order chi connectivity index (χ1) is 14.7. The third kappa shape index (κ3) is 6.06. The molecule has 168 valence electrons. The van der Waals surface area contributed by atoms with Crippen LogP contribution >= 0.6 is 7.37 Å². The molecule has 5 nitrogen and oxygen atoms in total. The summed E-state index contributed by atoms with van der Waals surface area (Å²) < 4.78 is 20.7. The highest BCUT2D eigenvalue weighted by atomic mass is 31.2. The molecule has 2 N–H and O–H groups in total. The van der Waals surface area contributed by atoms with E-state index in [1.54, 1.807) is 48.5 Å². The van der Waals surface area contributed by atoms with E-state index in [2.05, 4.69) is 5.32 Å². The molecular formula is C25H34NO4P. The summed E-state index contributed by atoms with van der Waals surface area (Å²) in [5.74, 6) is -1.66. The van der Waals surface area contributed by atoms with Gasteiger partial charge in [0.15, 0.2) is 5.85 Å². The molecule has 3 atom stereocenters. The predicted octanol–water partition coefficient (Wildman–Crippen LogP) is 5.16. The minimum absolute atomic E-state index is 0.0314. The number of nitrogens with one attached hydrogen (secondary N) is 1. The van der Waals surface area contributed by atoms with E-state index in [4.69, 9.17) is 4.52 Å². The number of rotatable bonds is 7. The van der Waals surface area contributed by atoms with Gasteiger partial charge in [-0.15, -0.1) is 0 Å². The molecule has 0 radical (unpaired) electrons. The van der Waals surface area contributed by atoms with Crippen molar-refractivity contribution in [2.24, 2.45) is 5.92 Å². The van der Waals surface area contributed by atoms with Crippen molar-refractivity contribution in [3.63, 3.8) is 0 Å². The van der Waals surface area contributed by atoms with E-state index in [0.717, 1.165) is 32.1 Å². The van der Waals surface area contributed by atoms with Gasteiger partial charge >= 0.3 is 0 Å². The molecule has 0 spiro atoms. The Morgan fingerprint density at radius 1 is 1.00 bits per heavy atom. The van der Waals surface area contributed by atoms with Crippen LogP contribution < -0.4 is 10.6 Å². The fourth-order valence-electron chi connectivity index (χ4n) is 4.11. The molecule has 2 aromatic carbocycles. The van der Waals surface area contributed by atoms with E-state index >= 15 is 0 Å². The largest absolute Gasteiger partial charge is 0.378 e. The van der Waals surface area contributed by atoms with Crippen molar-refractivity contribution in [1.29, 1.82) is 0 Å². The summed E-state index contributed by atoms with van der Waals surface area (Å²) in [4.78, 5) is 13.3. The molecule has 1 amide bonds. The molecule has 6 heteroatoms. The summed E-state index contributed by atoms with van der Waals surface area (Å²) in [6, 6.07) is 17.7. The van der Waals surface area contributed by atoms with Gasteiger partial charge in [0.25, 0.3) is 7.37 Å². The minimum Gasteiger partial charge on any atom is -0.378 e. The van der Waals surface area contributed by atoms with Crippen molar-refractivity contribution in [3.05, 3.63) is 66.2 Å². The van der Waals surface area contributed by atoms with Crippen molar-refractivity contribution >= 4 is 18.6 Å². The van der Waals surface area contributed by atoms with Crippen molar-refractivity contribution in [2.75, 3.05) is 0 Å². The Balaban J connectivity index is 2.01. The number of carbonyl (C=O) groups is 1. The molecule has 0 heterocycles. The quantitative estimate of drug-likeness (QED) is 0.580. The number of hydrogen-bond donors (Lipinski definition) is 2. The Labute approximate surface area is 185 Å². The van der Waals surface area contributed by atoms with Gasteiger partial charge in [0.2, 0.25) is 5.91 Å². The van der Waals surface area contributed by atoms with Crippen LogP contribution in [0.2, 0.25) is 0 Å². The molecule has 0 aliphatic heterocycles. The van der Waals surface area contributed by atoms with Crippen LogP contribution in [0.15, 0.2) is 60.7 Å². The van der Waals surface area contributed by atoms with E-state index in [1.165, 1.54) is 0 Å². The maximum atomic E-state index is 14.4. The lowest BCUT2D eigenvalue weighted by Crippen LogP contribution is -2.49. The van der Waals surface area contributed by atoms with Crippen LogP contribution in [-0.4, -0.2) is 22.7 Å². The van der Waals surface area contributed by atoms with Crippen molar-refractivity contribution in [1.82, 2.24) is 5.32 Å². The number of carbonyl (C=O) groups excluding carboxylic acids is 1. The summed E-state index contributed by atoms with van der Waals surface area (Å²) >= 11 is 0. The normalized spacial score (nSPS) is 19.2. The minimum atomic E-state index is -3.83. The van der Waals surface area contributed by atoms with Crippen molar-refractivity contribution < 1.29 is 19.0 Å². The maximum absolute atomic E-state index is 14.4. The Hall–Kier alpha value is -1.94. The zero-order valence-corrected chi connectivity index (χ0v) is 19.6. The van der Waals surface area contributed by atoms with E-state index in [1.807, 2.05) is 32.9 Å². The molecule has 1 aliphatic carbocycles. The first-order valence-corrected chi connectivity index (χ1v) is 12.8. The average Bonchev–Trinajstić information content (AvgIpc) is 2.77. The lowest BCUT2D eigenvalue weighted by atomic mass is 9.85. The summed E-state index contributed by atoms with van der Waals surface area (Å²) in [7, 11) is -3.83. The van der Waals surface area contributed by atoms with Crippen LogP contribution in [0, 0.1) is 5.92 Å². The number of aliphatic hydroxyl groups excluding tert-OH is 1. The first kappa shape index (κ1) is 23.7. The molecule has 1 fully saturated rings. The van der Waals surface area contributed by atoms with E-state index in [9.17, 15) is 14.5 Å². The van der Waals surface area contributed by atoms with Crippen LogP contribution in [-0.2, 0) is 13.9 Å². The molecule has 0 saturated heterocycles. The van der Waals surface area contributed by atoms with Crippen LogP contribution in [0.3, 0.4) is 0 Å². The van der Waals surface area contributed by atoms with Gasteiger partial charge in [0, 0.05) is 10.8 Å². The first-order valence-electron chi connectivity index (χ1n) is 11.1. The van der Waals surface area contributed by atoms with E-state index in [-0.39, 0.29) is 11.8 Å². The van der Waals surface area contributed by atoms with Gasteiger partial charge in [-0.1, -0.05) is 67.8 Å². The second-order valence-corrected chi connectivity index (χ2v) is 11.8. The fraction of sp³-hybridized carbons (Fsp3) is 0.480. The summed E-state index contributed by atoms with van der Waals surface area (Å²) in [5.41, 5.74) is 0.0654. The summed E-state index contributed by atoms with van der Waals surface area (Å²) in [6.45, 7) is 5.75. The number of aliphatic hydroxyl groups is 1. The molecule has 0 aromatic heterocycles. The fourth-order valence-corrected chi connectivity index (χ4v) is 6.39. The van der Waals surface area contributed by atoms with Gasteiger partial charge in [-0.25, -0.2) is 0 Å². The SMILES string of the molecule is CC(C)(C)NC(=O)C(OP(=O)(c1ccccc1)C(O)c1ccccc1)C1CCCCC1. The molecule has 1 aliphatic rings. The van der Waals surface area contributed by atoms with Crippen LogP contribution in [0.5, 0.6) is 0 Å². The zero-order valence-electron chi connectivity index (χ0n) is 18.7. The highest BCUT2D eigenvalue weighted by Gasteiger charge is 2.43. The highest BCUT2D eigenvalue weighted by Crippen LogP contribution is 2.59. The monoisotopic (exact) mass is 443 g/mol. The van der Waals surface area contributed by atoms with Gasteiger partial charge < -0.3 is 14.9 Å². The zero-order chi connectivity index (χ0) is 22.5. The molecule has 3 rings (SSSR count). The molecule has 1 saturated carbocycles. The van der Waals surface area contributed by atoms with Gasteiger partial charge in [-0.05, 0) is 57.2 Å². The summed E-state index contributed by atoms with van der Waals surface area (Å²) in [5, 5.41) is 14.7. The molecule has 31 heavy (non-hydrogen) atoms. The Morgan fingerprint density at radius 3 is 2.10 bits per heavy atom.